The largest absolute Gasteiger partial charge is 0.365 e. The number of nitrogens with one attached hydrogen (secondary N) is 1. The Morgan fingerprint density at radius 1 is 1.45 bits per heavy atom. The summed E-state index contributed by atoms with van der Waals surface area (Å²) in [6, 6.07) is 0. The standard InChI is InChI=1S/C14H18N6O2/c1-19-3-2-17-13(19)8-18-14(21)12-9-20(4-5-22-12)11-6-15-10-16-7-11/h2-3,6-7,10,12H,4-5,8-9H2,1H3,(H,18,21)/t12-/m1/s1. The molecule has 8 heteroatoms. The van der Waals surface area contributed by atoms with Crippen molar-refractivity contribution in [3.8, 4) is 0 Å². The number of amides is 1. The molecule has 1 fully saturated rings. The first kappa shape index (κ1) is 14.5. The second-order valence-electron chi connectivity index (χ2n) is 5.07. The molecule has 0 radical (unpaired) electrons. The summed E-state index contributed by atoms with van der Waals surface area (Å²) in [7, 11) is 1.89. The van der Waals surface area contributed by atoms with Crippen molar-refractivity contribution < 1.29 is 9.53 Å². The molecule has 1 aliphatic heterocycles. The minimum Gasteiger partial charge on any atom is -0.365 e. The molecule has 1 atom stereocenters. The van der Waals surface area contributed by atoms with E-state index in [0.717, 1.165) is 18.1 Å². The molecule has 0 spiro atoms. The highest BCUT2D eigenvalue weighted by Gasteiger charge is 2.27. The molecule has 116 valence electrons. The highest BCUT2D eigenvalue weighted by atomic mass is 16.5. The number of ether oxygens (including phenoxy) is 1. The van der Waals surface area contributed by atoms with Crippen molar-refractivity contribution in [2.24, 2.45) is 7.05 Å². The Bertz CT molecular complexity index is 629. The molecule has 2 aromatic rings. The molecule has 0 unspecified atom stereocenters. The van der Waals surface area contributed by atoms with Gasteiger partial charge < -0.3 is 19.5 Å². The second-order valence-corrected chi connectivity index (χ2v) is 5.07. The molecule has 8 nitrogen and oxygen atoms in total. The van der Waals surface area contributed by atoms with Crippen LogP contribution in [0.4, 0.5) is 5.69 Å². The van der Waals surface area contributed by atoms with Crippen molar-refractivity contribution in [2.75, 3.05) is 24.6 Å². The van der Waals surface area contributed by atoms with Gasteiger partial charge in [0.15, 0.2) is 6.10 Å². The lowest BCUT2D eigenvalue weighted by Gasteiger charge is -2.33. The lowest BCUT2D eigenvalue weighted by molar-refractivity contribution is -0.133. The van der Waals surface area contributed by atoms with Gasteiger partial charge in [-0.25, -0.2) is 15.0 Å². The van der Waals surface area contributed by atoms with E-state index in [4.69, 9.17) is 4.74 Å². The van der Waals surface area contributed by atoms with Gasteiger partial charge in [0.25, 0.3) is 5.91 Å². The minimum atomic E-state index is -0.505. The summed E-state index contributed by atoms with van der Waals surface area (Å²) in [4.78, 5) is 26.5. The third kappa shape index (κ3) is 3.22. The average Bonchev–Trinajstić information content (AvgIpc) is 2.99. The van der Waals surface area contributed by atoms with Gasteiger partial charge in [-0.3, -0.25) is 4.79 Å². The van der Waals surface area contributed by atoms with E-state index in [2.05, 4.69) is 25.2 Å². The van der Waals surface area contributed by atoms with E-state index >= 15 is 0 Å². The number of anilines is 1. The Kier molecular flexibility index (Phi) is 4.29. The average molecular weight is 302 g/mol. The first-order valence-corrected chi connectivity index (χ1v) is 7.09. The Morgan fingerprint density at radius 2 is 2.27 bits per heavy atom. The van der Waals surface area contributed by atoms with Gasteiger partial charge in [0, 0.05) is 26.0 Å². The Morgan fingerprint density at radius 3 is 3.00 bits per heavy atom. The Labute approximate surface area is 128 Å². The summed E-state index contributed by atoms with van der Waals surface area (Å²) in [5.74, 6) is 0.669. The maximum Gasteiger partial charge on any atom is 0.251 e. The first-order chi connectivity index (χ1) is 10.7. The molecule has 22 heavy (non-hydrogen) atoms. The summed E-state index contributed by atoms with van der Waals surface area (Å²) in [6.45, 7) is 2.09. The van der Waals surface area contributed by atoms with E-state index in [-0.39, 0.29) is 5.91 Å². The molecule has 3 rings (SSSR count). The predicted molar refractivity (Wildman–Crippen MR) is 79.0 cm³/mol. The molecule has 1 N–H and O–H groups in total. The molecule has 1 amide bonds. The molecule has 0 aliphatic carbocycles. The van der Waals surface area contributed by atoms with Crippen molar-refractivity contribution in [2.45, 2.75) is 12.6 Å². The number of imidazole rings is 1. The fourth-order valence-corrected chi connectivity index (χ4v) is 2.34. The number of morpholine rings is 1. The number of hydrogen-bond donors (Lipinski definition) is 1. The van der Waals surface area contributed by atoms with E-state index in [0.29, 0.717) is 19.7 Å². The van der Waals surface area contributed by atoms with Crippen LogP contribution in [0, 0.1) is 0 Å². The van der Waals surface area contributed by atoms with E-state index < -0.39 is 6.10 Å². The summed E-state index contributed by atoms with van der Waals surface area (Å²) in [6.07, 6.45) is 8.00. The van der Waals surface area contributed by atoms with E-state index in [9.17, 15) is 4.79 Å². The summed E-state index contributed by atoms with van der Waals surface area (Å²) in [5.41, 5.74) is 0.896. The van der Waals surface area contributed by atoms with Crippen LogP contribution >= 0.6 is 0 Å². The summed E-state index contributed by atoms with van der Waals surface area (Å²) >= 11 is 0. The van der Waals surface area contributed by atoms with Crippen molar-refractivity contribution >= 4 is 11.6 Å². The molecular formula is C14H18N6O2. The number of rotatable bonds is 4. The lowest BCUT2D eigenvalue weighted by atomic mass is 10.2. The molecule has 1 aliphatic rings. The van der Waals surface area contributed by atoms with Gasteiger partial charge in [0.2, 0.25) is 0 Å². The van der Waals surface area contributed by atoms with Gasteiger partial charge in [-0.05, 0) is 0 Å². The van der Waals surface area contributed by atoms with Gasteiger partial charge in [0.1, 0.15) is 12.2 Å². The van der Waals surface area contributed by atoms with E-state index in [1.807, 2.05) is 17.8 Å². The van der Waals surface area contributed by atoms with Crippen LogP contribution in [-0.2, 0) is 23.1 Å². The van der Waals surface area contributed by atoms with Crippen molar-refractivity contribution in [1.29, 1.82) is 0 Å². The Hall–Kier alpha value is -2.48. The highest BCUT2D eigenvalue weighted by Crippen LogP contribution is 2.15. The zero-order valence-corrected chi connectivity index (χ0v) is 12.3. The van der Waals surface area contributed by atoms with Crippen LogP contribution in [0.3, 0.4) is 0 Å². The molecule has 3 heterocycles. The van der Waals surface area contributed by atoms with Crippen LogP contribution in [0.15, 0.2) is 31.1 Å². The molecular weight excluding hydrogens is 284 g/mol. The lowest BCUT2D eigenvalue weighted by Crippen LogP contribution is -2.50. The van der Waals surface area contributed by atoms with Crippen LogP contribution in [0.2, 0.25) is 0 Å². The SMILES string of the molecule is Cn1ccnc1CNC(=O)[C@H]1CN(c2cncnc2)CCO1. The van der Waals surface area contributed by atoms with Gasteiger partial charge in [0.05, 0.1) is 37.8 Å². The number of aryl methyl sites for hydroxylation is 1. The molecule has 0 aromatic carbocycles. The van der Waals surface area contributed by atoms with Crippen molar-refractivity contribution in [3.63, 3.8) is 0 Å². The van der Waals surface area contributed by atoms with Gasteiger partial charge in [-0.1, -0.05) is 0 Å². The smallest absolute Gasteiger partial charge is 0.251 e. The summed E-state index contributed by atoms with van der Waals surface area (Å²) < 4.78 is 7.44. The normalized spacial score (nSPS) is 18.2. The number of hydrogen-bond acceptors (Lipinski definition) is 6. The van der Waals surface area contributed by atoms with E-state index in [1.165, 1.54) is 6.33 Å². The number of aromatic nitrogens is 4. The maximum atomic E-state index is 12.3. The Balaban J connectivity index is 1.57. The van der Waals surface area contributed by atoms with Crippen LogP contribution in [0.25, 0.3) is 0 Å². The topological polar surface area (TPSA) is 85.2 Å². The van der Waals surface area contributed by atoms with Crippen LogP contribution < -0.4 is 10.2 Å². The molecule has 0 bridgehead atoms. The molecule has 1 saturated heterocycles. The summed E-state index contributed by atoms with van der Waals surface area (Å²) in [5, 5.41) is 2.86. The molecule has 2 aromatic heterocycles. The fraction of sp³-hybridized carbons (Fsp3) is 0.429. The zero-order valence-electron chi connectivity index (χ0n) is 12.3. The first-order valence-electron chi connectivity index (χ1n) is 7.09. The van der Waals surface area contributed by atoms with Crippen molar-refractivity contribution in [1.82, 2.24) is 24.8 Å². The van der Waals surface area contributed by atoms with E-state index in [1.54, 1.807) is 18.6 Å². The number of carbonyl (C=O) groups excluding carboxylic acids is 1. The zero-order chi connectivity index (χ0) is 15.4. The van der Waals surface area contributed by atoms with Crippen LogP contribution in [0.5, 0.6) is 0 Å². The van der Waals surface area contributed by atoms with Gasteiger partial charge in [-0.15, -0.1) is 0 Å². The number of nitrogens with zero attached hydrogens (tertiary/aromatic N) is 5. The second kappa shape index (κ2) is 6.52. The highest BCUT2D eigenvalue weighted by molar-refractivity contribution is 5.81. The molecule has 0 saturated carbocycles. The quantitative estimate of drug-likeness (QED) is 0.837. The predicted octanol–water partition coefficient (Wildman–Crippen LogP) is -0.268. The third-order valence-electron chi connectivity index (χ3n) is 3.61. The van der Waals surface area contributed by atoms with Gasteiger partial charge >= 0.3 is 0 Å². The van der Waals surface area contributed by atoms with Crippen molar-refractivity contribution in [3.05, 3.63) is 36.9 Å². The van der Waals surface area contributed by atoms with Crippen LogP contribution in [0.1, 0.15) is 5.82 Å². The van der Waals surface area contributed by atoms with Gasteiger partial charge in [-0.2, -0.15) is 0 Å². The maximum absolute atomic E-state index is 12.3. The monoisotopic (exact) mass is 302 g/mol. The minimum absolute atomic E-state index is 0.135. The van der Waals surface area contributed by atoms with Crippen LogP contribution in [-0.4, -0.2) is 51.2 Å². The fourth-order valence-electron chi connectivity index (χ4n) is 2.34. The number of carbonyl (C=O) groups is 1. The third-order valence-corrected chi connectivity index (χ3v) is 3.61.